The third kappa shape index (κ3) is 2.92. The Morgan fingerprint density at radius 3 is 2.71 bits per heavy atom. The fourth-order valence-corrected chi connectivity index (χ4v) is 2.73. The van der Waals surface area contributed by atoms with E-state index in [9.17, 15) is 4.79 Å². The molecule has 1 aliphatic rings. The van der Waals surface area contributed by atoms with Gasteiger partial charge in [-0.15, -0.1) is 0 Å². The highest BCUT2D eigenvalue weighted by Gasteiger charge is 2.17. The van der Waals surface area contributed by atoms with Crippen molar-refractivity contribution in [2.75, 3.05) is 11.9 Å². The molecule has 0 spiro atoms. The van der Waals surface area contributed by atoms with Crippen molar-refractivity contribution in [3.05, 3.63) is 53.6 Å². The number of nitrogens with one attached hydrogen (secondary N) is 1. The van der Waals surface area contributed by atoms with Gasteiger partial charge in [-0.1, -0.05) is 30.3 Å². The van der Waals surface area contributed by atoms with Gasteiger partial charge < -0.3 is 10.1 Å². The molecule has 0 aliphatic heterocycles. The van der Waals surface area contributed by atoms with Crippen LogP contribution in [0, 0.1) is 0 Å². The minimum atomic E-state index is -0.228. The number of benzene rings is 2. The molecular formula is C18H19NO2. The smallest absolute Gasteiger partial charge is 0.325 e. The zero-order valence-corrected chi connectivity index (χ0v) is 12.3. The van der Waals surface area contributed by atoms with Gasteiger partial charge in [-0.3, -0.25) is 4.79 Å². The summed E-state index contributed by atoms with van der Waals surface area (Å²) in [6.07, 6.45) is 0.881. The van der Waals surface area contributed by atoms with Crippen molar-refractivity contribution < 1.29 is 9.53 Å². The first-order valence-corrected chi connectivity index (χ1v) is 7.28. The highest BCUT2D eigenvalue weighted by atomic mass is 16.5. The van der Waals surface area contributed by atoms with Gasteiger partial charge in [0, 0.05) is 5.69 Å². The van der Waals surface area contributed by atoms with E-state index < -0.39 is 0 Å². The molecule has 0 amide bonds. The van der Waals surface area contributed by atoms with Gasteiger partial charge in [0.15, 0.2) is 0 Å². The lowest BCUT2D eigenvalue weighted by Crippen LogP contribution is -2.20. The molecule has 0 saturated heterocycles. The highest BCUT2D eigenvalue weighted by molar-refractivity contribution is 5.80. The third-order valence-electron chi connectivity index (χ3n) is 3.60. The maximum absolute atomic E-state index is 11.6. The predicted octanol–water partition coefficient (Wildman–Crippen LogP) is 3.62. The Labute approximate surface area is 124 Å². The second kappa shape index (κ2) is 5.60. The van der Waals surface area contributed by atoms with Crippen LogP contribution < -0.4 is 5.32 Å². The molecule has 2 aromatic rings. The van der Waals surface area contributed by atoms with Gasteiger partial charge in [-0.05, 0) is 54.7 Å². The summed E-state index contributed by atoms with van der Waals surface area (Å²) in [7, 11) is 0. The predicted molar refractivity (Wildman–Crippen MR) is 84.4 cm³/mol. The number of anilines is 1. The molecule has 0 radical (unpaired) electrons. The molecule has 21 heavy (non-hydrogen) atoms. The van der Waals surface area contributed by atoms with Crippen LogP contribution in [0.2, 0.25) is 0 Å². The standard InChI is InChI=1S/C18H19NO2/c1-12(2)21-18(20)11-19-15-7-8-17-14(10-15)9-13-5-3-4-6-16(13)17/h3-8,10,12,19H,9,11H2,1-2H3. The summed E-state index contributed by atoms with van der Waals surface area (Å²) in [5.74, 6) is -0.228. The summed E-state index contributed by atoms with van der Waals surface area (Å²) >= 11 is 0. The van der Waals surface area contributed by atoms with Crippen LogP contribution in [-0.4, -0.2) is 18.6 Å². The maximum atomic E-state index is 11.6. The van der Waals surface area contributed by atoms with E-state index >= 15 is 0 Å². The van der Waals surface area contributed by atoms with Crippen LogP contribution in [0.1, 0.15) is 25.0 Å². The van der Waals surface area contributed by atoms with E-state index in [0.717, 1.165) is 12.1 Å². The first-order valence-electron chi connectivity index (χ1n) is 7.28. The van der Waals surface area contributed by atoms with Gasteiger partial charge in [-0.25, -0.2) is 0 Å². The fourth-order valence-electron chi connectivity index (χ4n) is 2.73. The molecule has 0 unspecified atom stereocenters. The highest BCUT2D eigenvalue weighted by Crippen LogP contribution is 2.37. The monoisotopic (exact) mass is 281 g/mol. The lowest BCUT2D eigenvalue weighted by Gasteiger charge is -2.10. The third-order valence-corrected chi connectivity index (χ3v) is 3.60. The van der Waals surface area contributed by atoms with Crippen molar-refractivity contribution in [2.24, 2.45) is 0 Å². The zero-order valence-electron chi connectivity index (χ0n) is 12.3. The number of rotatable bonds is 4. The topological polar surface area (TPSA) is 38.3 Å². The summed E-state index contributed by atoms with van der Waals surface area (Å²) in [5, 5.41) is 3.13. The molecule has 108 valence electrons. The van der Waals surface area contributed by atoms with Gasteiger partial charge >= 0.3 is 5.97 Å². The molecule has 2 aromatic carbocycles. The SMILES string of the molecule is CC(C)OC(=O)CNc1ccc2c(c1)Cc1ccccc1-2. The van der Waals surface area contributed by atoms with Crippen LogP contribution in [0.4, 0.5) is 5.69 Å². The molecule has 0 bridgehead atoms. The molecule has 0 fully saturated rings. The largest absolute Gasteiger partial charge is 0.462 e. The number of carbonyl (C=O) groups is 1. The van der Waals surface area contributed by atoms with Gasteiger partial charge in [-0.2, -0.15) is 0 Å². The van der Waals surface area contributed by atoms with E-state index in [0.29, 0.717) is 0 Å². The van der Waals surface area contributed by atoms with E-state index in [-0.39, 0.29) is 18.6 Å². The first kappa shape index (κ1) is 13.7. The Morgan fingerprint density at radius 2 is 1.90 bits per heavy atom. The fraction of sp³-hybridized carbons (Fsp3) is 0.278. The summed E-state index contributed by atoms with van der Waals surface area (Å²) in [5.41, 5.74) is 6.24. The molecule has 1 N–H and O–H groups in total. The average molecular weight is 281 g/mol. The molecule has 0 atom stereocenters. The van der Waals surface area contributed by atoms with Crippen LogP contribution >= 0.6 is 0 Å². The zero-order chi connectivity index (χ0) is 14.8. The molecule has 3 heteroatoms. The van der Waals surface area contributed by atoms with Gasteiger partial charge in [0.2, 0.25) is 0 Å². The second-order valence-corrected chi connectivity index (χ2v) is 5.60. The van der Waals surface area contributed by atoms with Gasteiger partial charge in [0.1, 0.15) is 6.54 Å². The Balaban J connectivity index is 1.71. The number of hydrogen-bond acceptors (Lipinski definition) is 3. The first-order chi connectivity index (χ1) is 10.1. The summed E-state index contributed by atoms with van der Waals surface area (Å²) < 4.78 is 5.11. The van der Waals surface area contributed by atoms with Crippen LogP contribution in [0.25, 0.3) is 11.1 Å². The van der Waals surface area contributed by atoms with Crippen molar-refractivity contribution >= 4 is 11.7 Å². The van der Waals surface area contributed by atoms with E-state index in [2.05, 4.69) is 41.7 Å². The van der Waals surface area contributed by atoms with Gasteiger partial charge in [0.05, 0.1) is 6.10 Å². The number of fused-ring (bicyclic) bond motifs is 3. The van der Waals surface area contributed by atoms with Crippen molar-refractivity contribution in [1.82, 2.24) is 0 Å². The average Bonchev–Trinajstić information content (AvgIpc) is 2.82. The molecule has 3 rings (SSSR count). The second-order valence-electron chi connectivity index (χ2n) is 5.60. The lowest BCUT2D eigenvalue weighted by molar-refractivity contribution is -0.145. The molecule has 0 heterocycles. The Hall–Kier alpha value is -2.29. The van der Waals surface area contributed by atoms with Crippen molar-refractivity contribution in [2.45, 2.75) is 26.4 Å². The van der Waals surface area contributed by atoms with Crippen molar-refractivity contribution in [3.63, 3.8) is 0 Å². The Morgan fingerprint density at radius 1 is 1.14 bits per heavy atom. The summed E-state index contributed by atoms with van der Waals surface area (Å²) in [6, 6.07) is 14.7. The van der Waals surface area contributed by atoms with Crippen LogP contribution in [0.15, 0.2) is 42.5 Å². The van der Waals surface area contributed by atoms with E-state index in [1.807, 2.05) is 19.9 Å². The lowest BCUT2D eigenvalue weighted by atomic mass is 10.1. The quantitative estimate of drug-likeness (QED) is 0.742. The Bertz CT molecular complexity index is 677. The number of carbonyl (C=O) groups excluding carboxylic acids is 1. The van der Waals surface area contributed by atoms with Crippen molar-refractivity contribution in [1.29, 1.82) is 0 Å². The minimum Gasteiger partial charge on any atom is -0.462 e. The maximum Gasteiger partial charge on any atom is 0.325 e. The summed E-state index contributed by atoms with van der Waals surface area (Å²) in [4.78, 5) is 11.6. The number of hydrogen-bond donors (Lipinski definition) is 1. The normalized spacial score (nSPS) is 12.0. The van der Waals surface area contributed by atoms with Crippen LogP contribution in [-0.2, 0) is 16.0 Å². The summed E-state index contributed by atoms with van der Waals surface area (Å²) in [6.45, 7) is 3.90. The minimum absolute atomic E-state index is 0.0752. The van der Waals surface area contributed by atoms with Crippen molar-refractivity contribution in [3.8, 4) is 11.1 Å². The molecule has 0 aromatic heterocycles. The van der Waals surface area contributed by atoms with Crippen LogP contribution in [0.3, 0.4) is 0 Å². The molecular weight excluding hydrogens is 262 g/mol. The number of ether oxygens (including phenoxy) is 1. The van der Waals surface area contributed by atoms with E-state index in [1.165, 1.54) is 22.3 Å². The molecule has 3 nitrogen and oxygen atoms in total. The molecule has 1 aliphatic carbocycles. The van der Waals surface area contributed by atoms with Gasteiger partial charge in [0.25, 0.3) is 0 Å². The Kier molecular flexibility index (Phi) is 3.65. The number of esters is 1. The molecule has 0 saturated carbocycles. The van der Waals surface area contributed by atoms with E-state index in [4.69, 9.17) is 4.74 Å². The van der Waals surface area contributed by atoms with E-state index in [1.54, 1.807) is 0 Å². The van der Waals surface area contributed by atoms with Crippen LogP contribution in [0.5, 0.6) is 0 Å².